The lowest BCUT2D eigenvalue weighted by Crippen LogP contribution is -2.29. The second-order valence-electron chi connectivity index (χ2n) is 5.73. The first-order chi connectivity index (χ1) is 10.2. The fourth-order valence-electron chi connectivity index (χ4n) is 2.66. The summed E-state index contributed by atoms with van der Waals surface area (Å²) < 4.78 is 5.11. The van der Waals surface area contributed by atoms with Crippen LogP contribution in [0.25, 0.3) is 0 Å². The summed E-state index contributed by atoms with van der Waals surface area (Å²) in [5, 5.41) is 6.48. The van der Waals surface area contributed by atoms with Gasteiger partial charge in [0.2, 0.25) is 0 Å². The molecule has 0 aliphatic carbocycles. The van der Waals surface area contributed by atoms with Gasteiger partial charge in [0.15, 0.2) is 5.82 Å². The van der Waals surface area contributed by atoms with Crippen LogP contribution in [0.15, 0.2) is 6.07 Å². The molecule has 6 heteroatoms. The maximum absolute atomic E-state index is 5.11. The van der Waals surface area contributed by atoms with E-state index in [2.05, 4.69) is 32.4 Å². The summed E-state index contributed by atoms with van der Waals surface area (Å²) in [7, 11) is 3.51. The number of hydrogen-bond donors (Lipinski definition) is 2. The Balaban J connectivity index is 1.87. The largest absolute Gasteiger partial charge is 0.377 e. The first-order valence-corrected chi connectivity index (χ1v) is 7.72. The zero-order chi connectivity index (χ0) is 15.1. The van der Waals surface area contributed by atoms with E-state index < -0.39 is 0 Å². The highest BCUT2D eigenvalue weighted by Crippen LogP contribution is 2.14. The van der Waals surface area contributed by atoms with Crippen molar-refractivity contribution in [2.45, 2.75) is 26.4 Å². The van der Waals surface area contributed by atoms with E-state index in [0.717, 1.165) is 24.7 Å². The normalized spacial score (nSPS) is 16.9. The van der Waals surface area contributed by atoms with E-state index in [4.69, 9.17) is 4.74 Å². The molecule has 0 spiro atoms. The van der Waals surface area contributed by atoms with Crippen molar-refractivity contribution in [1.82, 2.24) is 14.9 Å². The second-order valence-corrected chi connectivity index (χ2v) is 5.73. The minimum Gasteiger partial charge on any atom is -0.377 e. The summed E-state index contributed by atoms with van der Waals surface area (Å²) in [4.78, 5) is 11.4. The molecule has 0 saturated carbocycles. The maximum atomic E-state index is 5.11. The number of aromatic nitrogens is 2. The maximum Gasteiger partial charge on any atom is 0.158 e. The summed E-state index contributed by atoms with van der Waals surface area (Å²) in [6.45, 7) is 7.28. The molecular weight excluding hydrogens is 266 g/mol. The van der Waals surface area contributed by atoms with Gasteiger partial charge in [-0.25, -0.2) is 9.97 Å². The van der Waals surface area contributed by atoms with Crippen LogP contribution in [-0.4, -0.2) is 55.2 Å². The zero-order valence-electron chi connectivity index (χ0n) is 13.4. The monoisotopic (exact) mass is 293 g/mol. The van der Waals surface area contributed by atoms with Gasteiger partial charge in [0.05, 0.1) is 0 Å². The summed E-state index contributed by atoms with van der Waals surface area (Å²) in [5.74, 6) is 2.96. The van der Waals surface area contributed by atoms with Crippen LogP contribution in [0.1, 0.15) is 25.6 Å². The number of nitrogens with zero attached hydrogens (tertiary/aromatic N) is 3. The van der Waals surface area contributed by atoms with E-state index in [-0.39, 0.29) is 0 Å². The Morgan fingerprint density at radius 3 is 2.67 bits per heavy atom. The molecule has 2 N–H and O–H groups in total. The van der Waals surface area contributed by atoms with Crippen molar-refractivity contribution in [2.24, 2.45) is 5.92 Å². The molecule has 0 amide bonds. The van der Waals surface area contributed by atoms with Crippen LogP contribution in [0.2, 0.25) is 0 Å². The van der Waals surface area contributed by atoms with Gasteiger partial charge in [-0.1, -0.05) is 6.92 Å². The second kappa shape index (κ2) is 8.14. The Hall–Kier alpha value is -1.40. The fraction of sp³-hybridized carbons (Fsp3) is 0.733. The molecule has 1 aliphatic rings. The minimum atomic E-state index is 0.424. The van der Waals surface area contributed by atoms with Gasteiger partial charge >= 0.3 is 0 Å². The first kappa shape index (κ1) is 16.0. The van der Waals surface area contributed by atoms with Gasteiger partial charge < -0.3 is 20.3 Å². The van der Waals surface area contributed by atoms with E-state index in [1.165, 1.54) is 25.9 Å². The van der Waals surface area contributed by atoms with Crippen LogP contribution in [0.5, 0.6) is 0 Å². The lowest BCUT2D eigenvalue weighted by atomic mass is 10.1. The molecule has 0 radical (unpaired) electrons. The number of anilines is 2. The molecule has 1 atom stereocenters. The van der Waals surface area contributed by atoms with E-state index >= 15 is 0 Å². The topological polar surface area (TPSA) is 62.3 Å². The molecule has 21 heavy (non-hydrogen) atoms. The third-order valence-electron chi connectivity index (χ3n) is 3.70. The summed E-state index contributed by atoms with van der Waals surface area (Å²) in [6.07, 6.45) is 2.69. The van der Waals surface area contributed by atoms with E-state index in [0.29, 0.717) is 18.3 Å². The van der Waals surface area contributed by atoms with Crippen molar-refractivity contribution < 1.29 is 4.74 Å². The lowest BCUT2D eigenvalue weighted by Gasteiger charge is -2.20. The molecule has 2 heterocycles. The lowest BCUT2D eigenvalue weighted by molar-refractivity contribution is 0.178. The molecule has 1 aromatic rings. The minimum absolute atomic E-state index is 0.424. The average Bonchev–Trinajstić information content (AvgIpc) is 2.98. The third kappa shape index (κ3) is 5.13. The predicted molar refractivity (Wildman–Crippen MR) is 85.6 cm³/mol. The molecule has 0 aromatic carbocycles. The predicted octanol–water partition coefficient (Wildman–Crippen LogP) is 1.81. The van der Waals surface area contributed by atoms with Gasteiger partial charge in [0.25, 0.3) is 0 Å². The summed E-state index contributed by atoms with van der Waals surface area (Å²) >= 11 is 0. The van der Waals surface area contributed by atoms with E-state index in [9.17, 15) is 0 Å². The molecular formula is C15H27N5O. The van der Waals surface area contributed by atoms with Gasteiger partial charge in [0, 0.05) is 33.3 Å². The molecule has 1 unspecified atom stereocenters. The Bertz CT molecular complexity index is 434. The van der Waals surface area contributed by atoms with Crippen LogP contribution < -0.4 is 10.6 Å². The highest BCUT2D eigenvalue weighted by atomic mass is 16.5. The quantitative estimate of drug-likeness (QED) is 0.762. The third-order valence-corrected chi connectivity index (χ3v) is 3.70. The Morgan fingerprint density at radius 1 is 1.29 bits per heavy atom. The first-order valence-electron chi connectivity index (χ1n) is 7.72. The standard InChI is InChI=1S/C15H27N5O/c1-12(10-20-6-4-5-7-20)9-17-14-8-13(16-2)18-15(19-14)11-21-3/h8,12H,4-7,9-11H2,1-3H3,(H2,16,17,18,19). The molecule has 1 saturated heterocycles. The molecule has 0 bridgehead atoms. The van der Waals surface area contributed by atoms with E-state index in [1.807, 2.05) is 13.1 Å². The Morgan fingerprint density at radius 2 is 2.00 bits per heavy atom. The van der Waals surface area contributed by atoms with Crippen LogP contribution >= 0.6 is 0 Å². The number of methoxy groups -OCH3 is 1. The number of hydrogen-bond acceptors (Lipinski definition) is 6. The molecule has 118 valence electrons. The molecule has 1 aromatic heterocycles. The molecule has 2 rings (SSSR count). The number of nitrogens with one attached hydrogen (secondary N) is 2. The van der Waals surface area contributed by atoms with Gasteiger partial charge in [-0.05, 0) is 31.8 Å². The van der Waals surface area contributed by atoms with E-state index in [1.54, 1.807) is 7.11 Å². The van der Waals surface area contributed by atoms with Crippen LogP contribution in [0.4, 0.5) is 11.6 Å². The van der Waals surface area contributed by atoms with Gasteiger partial charge in [0.1, 0.15) is 18.2 Å². The average molecular weight is 293 g/mol. The Labute approximate surface area is 127 Å². The smallest absolute Gasteiger partial charge is 0.158 e. The number of ether oxygens (including phenoxy) is 1. The summed E-state index contributed by atoms with van der Waals surface area (Å²) in [6, 6.07) is 1.93. The van der Waals surface area contributed by atoms with Crippen molar-refractivity contribution in [2.75, 3.05) is 51.0 Å². The fourth-order valence-corrected chi connectivity index (χ4v) is 2.66. The molecule has 1 aliphatic heterocycles. The van der Waals surface area contributed by atoms with Gasteiger partial charge in [-0.15, -0.1) is 0 Å². The summed E-state index contributed by atoms with van der Waals surface area (Å²) in [5.41, 5.74) is 0. The molecule has 1 fully saturated rings. The zero-order valence-corrected chi connectivity index (χ0v) is 13.4. The Kier molecular flexibility index (Phi) is 6.20. The van der Waals surface area contributed by atoms with Crippen LogP contribution in [0.3, 0.4) is 0 Å². The van der Waals surface area contributed by atoms with Crippen molar-refractivity contribution in [3.05, 3.63) is 11.9 Å². The van der Waals surface area contributed by atoms with Crippen molar-refractivity contribution in [3.8, 4) is 0 Å². The van der Waals surface area contributed by atoms with Crippen molar-refractivity contribution in [3.63, 3.8) is 0 Å². The SMILES string of the molecule is CNc1cc(NCC(C)CN2CCCC2)nc(COC)n1. The van der Waals surface area contributed by atoms with Crippen LogP contribution in [0, 0.1) is 5.92 Å². The van der Waals surface area contributed by atoms with Crippen molar-refractivity contribution >= 4 is 11.6 Å². The van der Waals surface area contributed by atoms with Gasteiger partial charge in [-0.2, -0.15) is 0 Å². The highest BCUT2D eigenvalue weighted by Gasteiger charge is 2.14. The number of likely N-dealkylation sites (tertiary alicyclic amines) is 1. The highest BCUT2D eigenvalue weighted by molar-refractivity contribution is 5.47. The van der Waals surface area contributed by atoms with Crippen molar-refractivity contribution in [1.29, 1.82) is 0 Å². The van der Waals surface area contributed by atoms with Gasteiger partial charge in [-0.3, -0.25) is 0 Å². The van der Waals surface area contributed by atoms with Crippen LogP contribution in [-0.2, 0) is 11.3 Å². The number of rotatable bonds is 8. The molecule has 6 nitrogen and oxygen atoms in total.